The van der Waals surface area contributed by atoms with E-state index in [9.17, 15) is 12.8 Å². The Labute approximate surface area is 241 Å². The van der Waals surface area contributed by atoms with Crippen molar-refractivity contribution in [2.75, 3.05) is 13.1 Å². The second-order valence-corrected chi connectivity index (χ2v) is 14.0. The average Bonchev–Trinajstić information content (AvgIpc) is 3.64. The van der Waals surface area contributed by atoms with Gasteiger partial charge in [0.2, 0.25) is 10.0 Å². The molecule has 1 heterocycles. The zero-order valence-electron chi connectivity index (χ0n) is 23.2. The van der Waals surface area contributed by atoms with Gasteiger partial charge in [-0.3, -0.25) is 0 Å². The van der Waals surface area contributed by atoms with Crippen LogP contribution in [0.2, 0.25) is 0 Å². The number of halogens is 1. The minimum Gasteiger partial charge on any atom is -0.233 e. The summed E-state index contributed by atoms with van der Waals surface area (Å²) in [6.07, 6.45) is 9.08. The number of benzene rings is 3. The van der Waals surface area contributed by atoms with E-state index in [-0.39, 0.29) is 17.2 Å². The van der Waals surface area contributed by atoms with Gasteiger partial charge in [-0.05, 0) is 109 Å². The van der Waals surface area contributed by atoms with Crippen molar-refractivity contribution in [3.63, 3.8) is 0 Å². The lowest BCUT2D eigenvalue weighted by Crippen LogP contribution is -2.41. The predicted molar refractivity (Wildman–Crippen MR) is 159 cm³/mol. The number of sulfonamides is 1. The van der Waals surface area contributed by atoms with E-state index in [1.165, 1.54) is 17.7 Å². The molecule has 7 rings (SSSR count). The van der Waals surface area contributed by atoms with Gasteiger partial charge in [-0.2, -0.15) is 9.40 Å². The zero-order chi connectivity index (χ0) is 28.2. The zero-order valence-corrected chi connectivity index (χ0v) is 24.0. The van der Waals surface area contributed by atoms with Gasteiger partial charge in [-0.25, -0.2) is 17.5 Å². The van der Waals surface area contributed by atoms with Crippen molar-refractivity contribution < 1.29 is 12.8 Å². The maximum absolute atomic E-state index is 14.0. The Kier molecular flexibility index (Phi) is 6.47. The molecule has 3 aliphatic rings. The van der Waals surface area contributed by atoms with Crippen molar-refractivity contribution in [1.29, 1.82) is 0 Å². The summed E-state index contributed by atoms with van der Waals surface area (Å²) in [5.74, 6) is 0.398. The van der Waals surface area contributed by atoms with Crippen molar-refractivity contribution in [3.8, 4) is 16.8 Å². The number of aromatic nitrogens is 2. The molecular weight excluding hydrogens is 533 g/mol. The van der Waals surface area contributed by atoms with Crippen molar-refractivity contribution in [3.05, 3.63) is 108 Å². The number of hydrogen-bond acceptors (Lipinski definition) is 3. The van der Waals surface area contributed by atoms with E-state index in [0.717, 1.165) is 60.2 Å². The summed E-state index contributed by atoms with van der Waals surface area (Å²) in [6.45, 7) is 3.40. The van der Waals surface area contributed by atoms with E-state index in [1.807, 2.05) is 53.3 Å². The van der Waals surface area contributed by atoms with Crippen LogP contribution in [0.1, 0.15) is 43.9 Å². The Bertz CT molecular complexity index is 1710. The SMILES string of the molecule is C[C@]12Cc3cnn(-c4ccc(F)cc4)c3C=C1CC[C@@H]2CN(CC1CC1)S(=O)(=O)c1ccc(-c2ccccc2)cc1. The molecule has 7 heteroatoms. The van der Waals surface area contributed by atoms with Crippen LogP contribution in [0.25, 0.3) is 22.9 Å². The minimum atomic E-state index is -3.64. The molecule has 3 aromatic carbocycles. The van der Waals surface area contributed by atoms with Crippen molar-refractivity contribution in [1.82, 2.24) is 14.1 Å². The molecule has 0 saturated heterocycles. The lowest BCUT2D eigenvalue weighted by atomic mass is 9.70. The molecule has 0 amide bonds. The lowest BCUT2D eigenvalue weighted by molar-refractivity contribution is 0.218. The van der Waals surface area contributed by atoms with Gasteiger partial charge in [0.1, 0.15) is 5.82 Å². The molecule has 2 fully saturated rings. The summed E-state index contributed by atoms with van der Waals surface area (Å²) in [4.78, 5) is 0.364. The van der Waals surface area contributed by atoms with Crippen LogP contribution in [-0.4, -0.2) is 35.6 Å². The average molecular weight is 568 g/mol. The third-order valence-corrected chi connectivity index (χ3v) is 11.3. The Morgan fingerprint density at radius 1 is 0.927 bits per heavy atom. The molecule has 0 radical (unpaired) electrons. The molecule has 2 saturated carbocycles. The van der Waals surface area contributed by atoms with E-state index in [1.54, 1.807) is 28.6 Å². The Hall–Kier alpha value is -3.55. The van der Waals surface area contributed by atoms with Gasteiger partial charge in [0.25, 0.3) is 0 Å². The van der Waals surface area contributed by atoms with E-state index < -0.39 is 10.0 Å². The molecule has 0 N–H and O–H groups in total. The fourth-order valence-electron chi connectivity index (χ4n) is 6.72. The Morgan fingerprint density at radius 2 is 1.63 bits per heavy atom. The normalized spacial score (nSPS) is 21.9. The largest absolute Gasteiger partial charge is 0.243 e. The maximum Gasteiger partial charge on any atom is 0.243 e. The molecule has 0 unspecified atom stereocenters. The molecule has 0 aliphatic heterocycles. The van der Waals surface area contributed by atoms with Crippen molar-refractivity contribution >= 4 is 16.1 Å². The summed E-state index contributed by atoms with van der Waals surface area (Å²) >= 11 is 0. The molecule has 1 aromatic heterocycles. The number of hydrogen-bond donors (Lipinski definition) is 0. The van der Waals surface area contributed by atoms with Crippen molar-refractivity contribution in [2.24, 2.45) is 17.3 Å². The van der Waals surface area contributed by atoms with Crippen molar-refractivity contribution in [2.45, 2.75) is 43.9 Å². The highest BCUT2D eigenvalue weighted by Crippen LogP contribution is 2.53. The standard InChI is InChI=1S/C34H34FN3O2S/c1-34-20-27-21-36-38(31-15-13-30(35)14-16-31)33(27)19-28(34)11-12-29(34)23-37(22-24-7-8-24)41(39,40)32-17-9-26(10-18-32)25-5-3-2-4-6-25/h2-6,9-10,13-19,21,24,29H,7-8,11-12,20,22-23H2,1H3/t29-,34+/m1/s1. The van der Waals surface area contributed by atoms with Crippen LogP contribution >= 0.6 is 0 Å². The second-order valence-electron chi connectivity index (χ2n) is 12.1. The number of fused-ring (bicyclic) bond motifs is 2. The molecule has 41 heavy (non-hydrogen) atoms. The smallest absolute Gasteiger partial charge is 0.233 e. The summed E-state index contributed by atoms with van der Waals surface area (Å²) in [6, 6.07) is 23.8. The van der Waals surface area contributed by atoms with Gasteiger partial charge >= 0.3 is 0 Å². The van der Waals surface area contributed by atoms with E-state index in [2.05, 4.69) is 18.1 Å². The van der Waals surface area contributed by atoms with Gasteiger partial charge in [0.05, 0.1) is 22.5 Å². The van der Waals surface area contributed by atoms with Crippen LogP contribution in [0, 0.1) is 23.1 Å². The second kappa shape index (κ2) is 10.1. The third kappa shape index (κ3) is 4.85. The monoisotopic (exact) mass is 567 g/mol. The van der Waals surface area contributed by atoms with Gasteiger partial charge in [0.15, 0.2) is 0 Å². The minimum absolute atomic E-state index is 0.127. The highest BCUT2D eigenvalue weighted by Gasteiger charge is 2.47. The predicted octanol–water partition coefficient (Wildman–Crippen LogP) is 7.14. The topological polar surface area (TPSA) is 55.2 Å². The first-order valence-corrected chi connectivity index (χ1v) is 15.9. The molecular formula is C34H34FN3O2S. The highest BCUT2D eigenvalue weighted by molar-refractivity contribution is 7.89. The first-order chi connectivity index (χ1) is 19.8. The molecule has 3 aliphatic carbocycles. The van der Waals surface area contributed by atoms with E-state index in [0.29, 0.717) is 23.9 Å². The first-order valence-electron chi connectivity index (χ1n) is 14.5. The first kappa shape index (κ1) is 26.4. The fourth-order valence-corrected chi connectivity index (χ4v) is 8.28. The van der Waals surface area contributed by atoms with Gasteiger partial charge in [0, 0.05) is 13.1 Å². The van der Waals surface area contributed by atoms with Crippen LogP contribution in [0.3, 0.4) is 0 Å². The van der Waals surface area contributed by atoms with E-state index in [4.69, 9.17) is 0 Å². The summed E-state index contributed by atoms with van der Waals surface area (Å²) in [5, 5.41) is 4.64. The third-order valence-electron chi connectivity index (χ3n) is 9.40. The van der Waals surface area contributed by atoms with Gasteiger partial charge in [-0.1, -0.05) is 55.0 Å². The number of allylic oxidation sites excluding steroid dienone is 1. The van der Waals surface area contributed by atoms with Crippen LogP contribution in [0.15, 0.2) is 95.5 Å². The Morgan fingerprint density at radius 3 is 2.34 bits per heavy atom. The molecule has 0 spiro atoms. The number of nitrogens with zero attached hydrogens (tertiary/aromatic N) is 3. The lowest BCUT2D eigenvalue weighted by Gasteiger charge is -2.38. The Balaban J connectivity index is 1.15. The van der Waals surface area contributed by atoms with E-state index >= 15 is 0 Å². The summed E-state index contributed by atoms with van der Waals surface area (Å²) in [7, 11) is -3.64. The molecule has 210 valence electrons. The number of rotatable bonds is 8. The van der Waals surface area contributed by atoms with Crippen LogP contribution in [0.5, 0.6) is 0 Å². The van der Waals surface area contributed by atoms with Gasteiger partial charge in [-0.15, -0.1) is 0 Å². The molecule has 2 atom stereocenters. The fraction of sp³-hybridized carbons (Fsp3) is 0.324. The van der Waals surface area contributed by atoms with Crippen LogP contribution < -0.4 is 0 Å². The quantitative estimate of drug-likeness (QED) is 0.228. The molecule has 5 nitrogen and oxygen atoms in total. The molecule has 0 bridgehead atoms. The van der Waals surface area contributed by atoms with Crippen LogP contribution in [-0.2, 0) is 16.4 Å². The maximum atomic E-state index is 14.0. The highest BCUT2D eigenvalue weighted by atomic mass is 32.2. The van der Waals surface area contributed by atoms with Gasteiger partial charge < -0.3 is 0 Å². The summed E-state index contributed by atoms with van der Waals surface area (Å²) in [5.41, 5.74) is 6.35. The van der Waals surface area contributed by atoms with Crippen LogP contribution in [0.4, 0.5) is 4.39 Å². The molecule has 4 aromatic rings. The summed E-state index contributed by atoms with van der Waals surface area (Å²) < 4.78 is 45.3.